The van der Waals surface area contributed by atoms with Gasteiger partial charge in [-0.1, -0.05) is 0 Å². The molecule has 0 spiro atoms. The van der Waals surface area contributed by atoms with Crippen LogP contribution in [0, 0.1) is 0 Å². The van der Waals surface area contributed by atoms with Crippen LogP contribution in [0.15, 0.2) is 18.2 Å². The summed E-state index contributed by atoms with van der Waals surface area (Å²) < 4.78 is 16.4. The standard InChI is InChI=1S/C15H21NO4/c1-9-6-12(7-10(2)19-9)20-15(17)13-8-11(16)4-5-14(13)18-3/h4-5,8-10,12H,6-7,16H2,1-3H3. The molecule has 1 aliphatic rings. The molecule has 1 aliphatic heterocycles. The van der Waals surface area contributed by atoms with Gasteiger partial charge in [0.05, 0.1) is 19.3 Å². The Labute approximate surface area is 119 Å². The average Bonchev–Trinajstić information content (AvgIpc) is 2.37. The van der Waals surface area contributed by atoms with Gasteiger partial charge in [-0.15, -0.1) is 0 Å². The molecule has 1 aromatic carbocycles. The molecule has 0 radical (unpaired) electrons. The monoisotopic (exact) mass is 279 g/mol. The predicted octanol–water partition coefficient (Wildman–Crippen LogP) is 2.39. The second-order valence-corrected chi connectivity index (χ2v) is 5.22. The molecule has 2 atom stereocenters. The second-order valence-electron chi connectivity index (χ2n) is 5.22. The highest BCUT2D eigenvalue weighted by atomic mass is 16.6. The first-order chi connectivity index (χ1) is 9.49. The number of nitrogens with two attached hydrogens (primary N) is 1. The van der Waals surface area contributed by atoms with Gasteiger partial charge in [-0.05, 0) is 32.0 Å². The molecular formula is C15H21NO4. The molecule has 5 heteroatoms. The molecule has 1 heterocycles. The van der Waals surface area contributed by atoms with Crippen molar-refractivity contribution in [1.29, 1.82) is 0 Å². The minimum atomic E-state index is -0.402. The van der Waals surface area contributed by atoms with Crippen LogP contribution in [0.4, 0.5) is 5.69 Å². The Bertz CT molecular complexity index is 479. The number of anilines is 1. The summed E-state index contributed by atoms with van der Waals surface area (Å²) in [5.41, 5.74) is 6.58. The Hall–Kier alpha value is -1.75. The molecule has 110 valence electrons. The molecule has 0 aromatic heterocycles. The van der Waals surface area contributed by atoms with E-state index < -0.39 is 5.97 Å². The van der Waals surface area contributed by atoms with Crippen LogP contribution < -0.4 is 10.5 Å². The van der Waals surface area contributed by atoms with Gasteiger partial charge in [0.25, 0.3) is 0 Å². The highest BCUT2D eigenvalue weighted by Gasteiger charge is 2.28. The number of nitrogen functional groups attached to an aromatic ring is 1. The lowest BCUT2D eigenvalue weighted by atomic mass is 10.0. The Balaban J connectivity index is 2.10. The smallest absolute Gasteiger partial charge is 0.342 e. The molecule has 1 fully saturated rings. The lowest BCUT2D eigenvalue weighted by molar-refractivity contribution is -0.0855. The molecule has 0 saturated carbocycles. The molecule has 1 aromatic rings. The minimum absolute atomic E-state index is 0.0966. The summed E-state index contributed by atoms with van der Waals surface area (Å²) in [5.74, 6) is 0.0674. The topological polar surface area (TPSA) is 70.8 Å². The van der Waals surface area contributed by atoms with E-state index >= 15 is 0 Å². The third-order valence-electron chi connectivity index (χ3n) is 3.37. The first-order valence-electron chi connectivity index (χ1n) is 6.79. The van der Waals surface area contributed by atoms with Crippen LogP contribution in [-0.2, 0) is 9.47 Å². The zero-order valence-corrected chi connectivity index (χ0v) is 12.1. The van der Waals surface area contributed by atoms with Crippen LogP contribution in [0.3, 0.4) is 0 Å². The average molecular weight is 279 g/mol. The van der Waals surface area contributed by atoms with E-state index in [1.165, 1.54) is 7.11 Å². The number of carbonyl (C=O) groups is 1. The summed E-state index contributed by atoms with van der Waals surface area (Å²) in [4.78, 5) is 12.3. The number of benzene rings is 1. The Kier molecular flexibility index (Phi) is 4.49. The van der Waals surface area contributed by atoms with Crippen LogP contribution in [0.1, 0.15) is 37.0 Å². The minimum Gasteiger partial charge on any atom is -0.496 e. The van der Waals surface area contributed by atoms with Crippen LogP contribution in [0.5, 0.6) is 5.75 Å². The van der Waals surface area contributed by atoms with Crippen molar-refractivity contribution in [3.05, 3.63) is 23.8 Å². The maximum atomic E-state index is 12.3. The van der Waals surface area contributed by atoms with Crippen molar-refractivity contribution in [2.45, 2.75) is 45.0 Å². The fourth-order valence-electron chi connectivity index (χ4n) is 2.54. The Morgan fingerprint density at radius 1 is 1.30 bits per heavy atom. The van der Waals surface area contributed by atoms with E-state index in [0.717, 1.165) is 0 Å². The molecule has 2 N–H and O–H groups in total. The number of rotatable bonds is 3. The lowest BCUT2D eigenvalue weighted by Crippen LogP contribution is -2.35. The summed E-state index contributed by atoms with van der Waals surface area (Å²) in [6, 6.07) is 4.93. The van der Waals surface area contributed by atoms with E-state index in [0.29, 0.717) is 29.8 Å². The van der Waals surface area contributed by atoms with Crippen molar-refractivity contribution < 1.29 is 19.0 Å². The summed E-state index contributed by atoms with van der Waals surface area (Å²) >= 11 is 0. The summed E-state index contributed by atoms with van der Waals surface area (Å²) in [6.45, 7) is 3.97. The van der Waals surface area contributed by atoms with Gasteiger partial charge in [-0.25, -0.2) is 4.79 Å². The largest absolute Gasteiger partial charge is 0.496 e. The van der Waals surface area contributed by atoms with Gasteiger partial charge < -0.3 is 19.9 Å². The van der Waals surface area contributed by atoms with E-state index in [2.05, 4.69) is 0 Å². The number of hydrogen-bond acceptors (Lipinski definition) is 5. The zero-order chi connectivity index (χ0) is 14.7. The van der Waals surface area contributed by atoms with Crippen molar-refractivity contribution in [3.63, 3.8) is 0 Å². The SMILES string of the molecule is COc1ccc(N)cc1C(=O)OC1CC(C)OC(C)C1. The highest BCUT2D eigenvalue weighted by Crippen LogP contribution is 2.26. The lowest BCUT2D eigenvalue weighted by Gasteiger charge is -2.31. The molecule has 2 rings (SSSR count). The molecular weight excluding hydrogens is 258 g/mol. The van der Waals surface area contributed by atoms with Crippen molar-refractivity contribution in [2.24, 2.45) is 0 Å². The summed E-state index contributed by atoms with van der Waals surface area (Å²) in [7, 11) is 1.51. The van der Waals surface area contributed by atoms with Gasteiger partial charge >= 0.3 is 5.97 Å². The van der Waals surface area contributed by atoms with Gasteiger partial charge in [-0.2, -0.15) is 0 Å². The van der Waals surface area contributed by atoms with E-state index in [-0.39, 0.29) is 18.3 Å². The molecule has 20 heavy (non-hydrogen) atoms. The molecule has 0 bridgehead atoms. The van der Waals surface area contributed by atoms with Crippen LogP contribution in [-0.4, -0.2) is 31.4 Å². The molecule has 0 amide bonds. The second kappa shape index (κ2) is 6.13. The van der Waals surface area contributed by atoms with Crippen LogP contribution in [0.2, 0.25) is 0 Å². The van der Waals surface area contributed by atoms with Crippen molar-refractivity contribution >= 4 is 11.7 Å². The predicted molar refractivity (Wildman–Crippen MR) is 75.9 cm³/mol. The van der Waals surface area contributed by atoms with Gasteiger partial charge in [0.2, 0.25) is 0 Å². The van der Waals surface area contributed by atoms with Crippen molar-refractivity contribution in [1.82, 2.24) is 0 Å². The maximum Gasteiger partial charge on any atom is 0.342 e. The van der Waals surface area contributed by atoms with Gasteiger partial charge in [-0.3, -0.25) is 0 Å². The summed E-state index contributed by atoms with van der Waals surface area (Å²) in [6.07, 6.45) is 1.48. The number of hydrogen-bond donors (Lipinski definition) is 1. The molecule has 2 unspecified atom stereocenters. The van der Waals surface area contributed by atoms with E-state index in [1.807, 2.05) is 13.8 Å². The fraction of sp³-hybridized carbons (Fsp3) is 0.533. The van der Waals surface area contributed by atoms with Crippen molar-refractivity contribution in [3.8, 4) is 5.75 Å². The third-order valence-corrected chi connectivity index (χ3v) is 3.37. The van der Waals surface area contributed by atoms with Gasteiger partial charge in [0.1, 0.15) is 17.4 Å². The van der Waals surface area contributed by atoms with Gasteiger partial charge in [0.15, 0.2) is 0 Å². The molecule has 0 aliphatic carbocycles. The highest BCUT2D eigenvalue weighted by molar-refractivity contribution is 5.93. The van der Waals surface area contributed by atoms with E-state index in [9.17, 15) is 4.79 Å². The molecule has 5 nitrogen and oxygen atoms in total. The van der Waals surface area contributed by atoms with Crippen molar-refractivity contribution in [2.75, 3.05) is 12.8 Å². The maximum absolute atomic E-state index is 12.3. The fourth-order valence-corrected chi connectivity index (χ4v) is 2.54. The van der Waals surface area contributed by atoms with Crippen LogP contribution in [0.25, 0.3) is 0 Å². The molecule has 1 saturated heterocycles. The summed E-state index contributed by atoms with van der Waals surface area (Å²) in [5, 5.41) is 0. The first kappa shape index (κ1) is 14.7. The van der Waals surface area contributed by atoms with E-state index in [1.54, 1.807) is 18.2 Å². The van der Waals surface area contributed by atoms with Gasteiger partial charge in [0, 0.05) is 18.5 Å². The number of carbonyl (C=O) groups excluding carboxylic acids is 1. The Morgan fingerprint density at radius 2 is 1.95 bits per heavy atom. The zero-order valence-electron chi connectivity index (χ0n) is 12.1. The number of ether oxygens (including phenoxy) is 3. The van der Waals surface area contributed by atoms with Crippen LogP contribution >= 0.6 is 0 Å². The first-order valence-corrected chi connectivity index (χ1v) is 6.79. The third kappa shape index (κ3) is 3.42. The normalized spacial score (nSPS) is 26.1. The quantitative estimate of drug-likeness (QED) is 0.679. The number of esters is 1. The number of methoxy groups -OCH3 is 1. The van der Waals surface area contributed by atoms with E-state index in [4.69, 9.17) is 19.9 Å². The Morgan fingerprint density at radius 3 is 2.55 bits per heavy atom.